The monoisotopic (exact) mass is 501 g/mol. The summed E-state index contributed by atoms with van der Waals surface area (Å²) in [6.07, 6.45) is 16.5. The Morgan fingerprint density at radius 3 is 2.35 bits per heavy atom. The first-order valence-electron chi connectivity index (χ1n) is 10.7. The Kier molecular flexibility index (Phi) is 12.5. The molecule has 0 saturated heterocycles. The van der Waals surface area contributed by atoms with Crippen LogP contribution in [0.5, 0.6) is 5.75 Å². The molecule has 1 atom stereocenters. The molecule has 0 N–H and O–H groups in total. The van der Waals surface area contributed by atoms with Gasteiger partial charge in [0.15, 0.2) is 0 Å². The number of hydrogen-bond donors (Lipinski definition) is 0. The molecule has 2 aliphatic carbocycles. The summed E-state index contributed by atoms with van der Waals surface area (Å²) in [6.45, 7) is 2.03. The number of aromatic nitrogens is 2. The van der Waals surface area contributed by atoms with Crippen molar-refractivity contribution in [3.63, 3.8) is 0 Å². The van der Waals surface area contributed by atoms with Gasteiger partial charge in [0.05, 0.1) is 19.4 Å². The molecule has 0 spiro atoms. The smallest absolute Gasteiger partial charge is 0.852 e. The summed E-state index contributed by atoms with van der Waals surface area (Å²) in [4.78, 5) is 12.3. The average molecular weight is 501 g/mol. The summed E-state index contributed by atoms with van der Waals surface area (Å²) in [7, 11) is 1.56. The van der Waals surface area contributed by atoms with Crippen molar-refractivity contribution in [1.29, 1.82) is 0 Å². The first kappa shape index (κ1) is 28.2. The predicted molar refractivity (Wildman–Crippen MR) is 124 cm³/mol. The average Bonchev–Trinajstić information content (AvgIpc) is 3.61. The van der Waals surface area contributed by atoms with Crippen molar-refractivity contribution in [2.75, 3.05) is 20.3 Å². The molecule has 0 unspecified atom stereocenters. The molecule has 34 heavy (non-hydrogen) atoms. The van der Waals surface area contributed by atoms with Gasteiger partial charge in [-0.25, -0.2) is 4.79 Å². The number of carbonyl (C=O) groups excluding carboxylic acids is 1. The van der Waals surface area contributed by atoms with E-state index in [-0.39, 0.29) is 42.5 Å². The number of para-hydroxylation sites is 2. The molecular formula is C26H27FeN3O4. The van der Waals surface area contributed by atoms with Crippen LogP contribution in [0.3, 0.4) is 0 Å². The third-order valence-electron chi connectivity index (χ3n) is 4.71. The molecule has 4 rings (SSSR count). The fraction of sp³-hybridized carbons (Fsp3) is 0.231. The molecule has 2 fully saturated rings. The summed E-state index contributed by atoms with van der Waals surface area (Å²) >= 11 is 0. The van der Waals surface area contributed by atoms with E-state index in [1.807, 2.05) is 69.9 Å². The Labute approximate surface area is 214 Å². The van der Waals surface area contributed by atoms with E-state index in [0.717, 1.165) is 5.92 Å². The standard InChI is InChI=1S/C21H22N3O4.C5H5.Fe/c1-3-28-21(26)19-12-18(15-8-4-5-9-15)23-24(19)14-16(25)13-22-17-10-6-7-11-20(17)27-2;1-2-4-5-3-1;/h4-12,16H,3,13-14H2,1-2H3;1-5H;/q-2;;+2/t16-;;/m1../s1. The zero-order chi connectivity index (χ0) is 23.5. The topological polar surface area (TPSA) is 90.5 Å². The third kappa shape index (κ3) is 8.33. The van der Waals surface area contributed by atoms with Crippen molar-refractivity contribution in [3.8, 4) is 5.75 Å². The minimum absolute atomic E-state index is 0. The second kappa shape index (κ2) is 15.1. The fourth-order valence-corrected chi connectivity index (χ4v) is 3.14. The molecule has 2 saturated carbocycles. The first-order chi connectivity index (χ1) is 16.1. The largest absolute Gasteiger partial charge is 2.00 e. The molecule has 1 aromatic carbocycles. The molecule has 7 nitrogen and oxygen atoms in total. The SMILES string of the molecule is CCOC(=O)c1cc([C]2[CH][CH][CH][CH]2)nn1C[C@H]([O-])C[N-]c1ccccc1OC.[CH]1[CH][CH][CH][CH]1.[Fe+2]. The molecule has 0 bridgehead atoms. The van der Waals surface area contributed by atoms with E-state index in [1.165, 1.54) is 4.68 Å². The van der Waals surface area contributed by atoms with E-state index in [2.05, 4.69) is 10.4 Å². The van der Waals surface area contributed by atoms with Crippen LogP contribution < -0.4 is 9.84 Å². The van der Waals surface area contributed by atoms with Gasteiger partial charge in [0, 0.05) is 12.5 Å². The summed E-state index contributed by atoms with van der Waals surface area (Å²) in [5.41, 5.74) is 1.51. The van der Waals surface area contributed by atoms with Crippen LogP contribution in [0, 0.1) is 63.7 Å². The number of hydrogen-bond acceptors (Lipinski definition) is 5. The minimum atomic E-state index is -1.08. The van der Waals surface area contributed by atoms with Gasteiger partial charge in [-0.1, -0.05) is 23.9 Å². The quantitative estimate of drug-likeness (QED) is 0.389. The third-order valence-corrected chi connectivity index (χ3v) is 4.71. The van der Waals surface area contributed by atoms with Crippen LogP contribution in [0.1, 0.15) is 23.1 Å². The number of ether oxygens (including phenoxy) is 2. The minimum Gasteiger partial charge on any atom is -0.852 e. The van der Waals surface area contributed by atoms with Gasteiger partial charge in [0.1, 0.15) is 11.4 Å². The number of esters is 1. The van der Waals surface area contributed by atoms with Crippen LogP contribution >= 0.6 is 0 Å². The normalized spacial score (nSPS) is 16.2. The Bertz CT molecular complexity index is 856. The van der Waals surface area contributed by atoms with Crippen LogP contribution in [-0.2, 0) is 28.4 Å². The van der Waals surface area contributed by atoms with E-state index in [1.54, 1.807) is 32.2 Å². The molecule has 8 heteroatoms. The second-order valence-electron chi connectivity index (χ2n) is 7.09. The summed E-state index contributed by atoms with van der Waals surface area (Å²) in [6, 6.07) is 8.90. The van der Waals surface area contributed by atoms with Crippen LogP contribution in [0.2, 0.25) is 0 Å². The summed E-state index contributed by atoms with van der Waals surface area (Å²) < 4.78 is 11.8. The molecule has 2 aromatic rings. The first-order valence-corrected chi connectivity index (χ1v) is 10.7. The Morgan fingerprint density at radius 1 is 1.09 bits per heavy atom. The maximum absolute atomic E-state index is 12.5. The number of nitrogens with zero attached hydrogens (tertiary/aromatic N) is 3. The fourth-order valence-electron chi connectivity index (χ4n) is 3.14. The molecule has 0 amide bonds. The number of carbonyl (C=O) groups is 1. The zero-order valence-electron chi connectivity index (χ0n) is 19.1. The van der Waals surface area contributed by atoms with E-state index in [4.69, 9.17) is 9.47 Å². The Balaban J connectivity index is 0.000000603. The van der Waals surface area contributed by atoms with Gasteiger partial charge < -0.3 is 19.9 Å². The van der Waals surface area contributed by atoms with Crippen molar-refractivity contribution in [2.45, 2.75) is 19.6 Å². The van der Waals surface area contributed by atoms with Crippen LogP contribution in [0.4, 0.5) is 5.69 Å². The van der Waals surface area contributed by atoms with E-state index in [9.17, 15) is 9.90 Å². The molecule has 1 aromatic heterocycles. The predicted octanol–water partition coefficient (Wildman–Crippen LogP) is 3.28. The van der Waals surface area contributed by atoms with E-state index < -0.39 is 12.1 Å². The molecular weight excluding hydrogens is 474 g/mol. The van der Waals surface area contributed by atoms with Gasteiger partial charge in [-0.2, -0.15) is 5.10 Å². The van der Waals surface area contributed by atoms with Crippen molar-refractivity contribution >= 4 is 11.7 Å². The Hall–Kier alpha value is -2.02. The molecule has 10 radical (unpaired) electrons. The number of rotatable bonds is 9. The molecule has 2 aliphatic rings. The van der Waals surface area contributed by atoms with Crippen molar-refractivity contribution in [2.24, 2.45) is 0 Å². The van der Waals surface area contributed by atoms with Crippen LogP contribution in [0.15, 0.2) is 30.3 Å². The van der Waals surface area contributed by atoms with E-state index >= 15 is 0 Å². The van der Waals surface area contributed by atoms with Crippen molar-refractivity contribution in [1.82, 2.24) is 9.78 Å². The van der Waals surface area contributed by atoms with Crippen LogP contribution in [0.25, 0.3) is 5.32 Å². The number of methoxy groups -OCH3 is 1. The Morgan fingerprint density at radius 2 is 1.74 bits per heavy atom. The van der Waals surface area contributed by atoms with Gasteiger partial charge in [-0.05, 0) is 76.8 Å². The molecule has 1 heterocycles. The molecule has 178 valence electrons. The maximum atomic E-state index is 12.5. The second-order valence-corrected chi connectivity index (χ2v) is 7.09. The zero-order valence-corrected chi connectivity index (χ0v) is 20.2. The van der Waals surface area contributed by atoms with Gasteiger partial charge in [-0.15, -0.1) is 12.6 Å². The summed E-state index contributed by atoms with van der Waals surface area (Å²) in [5.74, 6) is 0.992. The van der Waals surface area contributed by atoms with E-state index in [0.29, 0.717) is 17.1 Å². The number of benzene rings is 1. The van der Waals surface area contributed by atoms with Crippen molar-refractivity contribution < 1.29 is 36.4 Å². The maximum Gasteiger partial charge on any atom is 2.00 e. The van der Waals surface area contributed by atoms with Gasteiger partial charge in [0.2, 0.25) is 0 Å². The van der Waals surface area contributed by atoms with Crippen molar-refractivity contribution in [3.05, 3.63) is 111 Å². The molecule has 0 aliphatic heterocycles. The van der Waals surface area contributed by atoms with Crippen LogP contribution in [-0.4, -0.2) is 42.1 Å². The summed E-state index contributed by atoms with van der Waals surface area (Å²) in [5, 5.41) is 21.3. The van der Waals surface area contributed by atoms with Gasteiger partial charge in [0.25, 0.3) is 0 Å². The van der Waals surface area contributed by atoms with Gasteiger partial charge >= 0.3 is 23.0 Å². The van der Waals surface area contributed by atoms with Gasteiger partial charge in [-0.3, -0.25) is 4.68 Å².